The highest BCUT2D eigenvalue weighted by Crippen LogP contribution is 2.19. The smallest absolute Gasteiger partial charge is 0.249 e. The molecular weight excluding hydrogens is 275 g/mol. The van der Waals surface area contributed by atoms with Crippen molar-refractivity contribution in [2.24, 2.45) is 0 Å². The van der Waals surface area contributed by atoms with Crippen molar-refractivity contribution < 1.29 is 18.7 Å². The summed E-state index contributed by atoms with van der Waals surface area (Å²) in [4.78, 5) is 23.1. The lowest BCUT2D eigenvalue weighted by Crippen LogP contribution is -2.45. The van der Waals surface area contributed by atoms with Crippen LogP contribution in [0.5, 0.6) is 0 Å². The molecule has 2 rings (SSSR count). The molecule has 7 heteroatoms. The highest BCUT2D eigenvalue weighted by molar-refractivity contribution is 6.31. The number of morpholine rings is 1. The molecule has 1 fully saturated rings. The van der Waals surface area contributed by atoms with E-state index in [1.807, 2.05) is 0 Å². The Morgan fingerprint density at radius 1 is 1.58 bits per heavy atom. The van der Waals surface area contributed by atoms with Crippen molar-refractivity contribution in [2.45, 2.75) is 12.5 Å². The number of rotatable bonds is 3. The molecule has 1 atom stereocenters. The fraction of sp³-hybridized carbons (Fsp3) is 0.333. The summed E-state index contributed by atoms with van der Waals surface area (Å²) in [5, 5.41) is 5.05. The number of carbonyl (C=O) groups excluding carboxylic acids is 2. The second-order valence-corrected chi connectivity index (χ2v) is 4.44. The minimum atomic E-state index is -0.787. The summed E-state index contributed by atoms with van der Waals surface area (Å²) >= 11 is 5.60. The number of benzene rings is 1. The van der Waals surface area contributed by atoms with Gasteiger partial charge in [-0.25, -0.2) is 4.39 Å². The summed E-state index contributed by atoms with van der Waals surface area (Å²) in [6.45, 7) is 0.830. The number of nitrogens with one attached hydrogen (secondary N) is 2. The summed E-state index contributed by atoms with van der Waals surface area (Å²) in [5.74, 6) is -1.27. The molecule has 1 aliphatic heterocycles. The minimum absolute atomic E-state index is 0.0792. The van der Waals surface area contributed by atoms with Crippen LogP contribution in [0.2, 0.25) is 5.02 Å². The molecule has 1 heterocycles. The van der Waals surface area contributed by atoms with Crippen molar-refractivity contribution in [3.63, 3.8) is 0 Å². The first-order chi connectivity index (χ1) is 9.06. The predicted molar refractivity (Wildman–Crippen MR) is 67.4 cm³/mol. The van der Waals surface area contributed by atoms with Gasteiger partial charge in [0.1, 0.15) is 11.9 Å². The standard InChI is InChI=1S/C12H12ClFN2O3/c13-8-5-7(1-2-9(8)14)16-11(17)6-10-12(18)15-3-4-19-10/h1-2,5,10H,3-4,6H2,(H,15,18)(H,16,17)/t10-/m0/s1. The Labute approximate surface area is 114 Å². The molecule has 0 spiro atoms. The summed E-state index contributed by atoms with van der Waals surface area (Å²) < 4.78 is 18.1. The van der Waals surface area contributed by atoms with E-state index < -0.39 is 17.8 Å². The monoisotopic (exact) mass is 286 g/mol. The van der Waals surface area contributed by atoms with Crippen LogP contribution < -0.4 is 10.6 Å². The van der Waals surface area contributed by atoms with Crippen LogP contribution in [0.3, 0.4) is 0 Å². The first-order valence-corrected chi connectivity index (χ1v) is 6.08. The van der Waals surface area contributed by atoms with Gasteiger partial charge < -0.3 is 15.4 Å². The lowest BCUT2D eigenvalue weighted by atomic mass is 10.2. The highest BCUT2D eigenvalue weighted by atomic mass is 35.5. The van der Waals surface area contributed by atoms with Crippen molar-refractivity contribution >= 4 is 29.1 Å². The van der Waals surface area contributed by atoms with Crippen molar-refractivity contribution in [3.8, 4) is 0 Å². The van der Waals surface area contributed by atoms with E-state index in [1.165, 1.54) is 12.1 Å². The first-order valence-electron chi connectivity index (χ1n) is 5.70. The molecule has 19 heavy (non-hydrogen) atoms. The maximum Gasteiger partial charge on any atom is 0.249 e. The molecule has 0 unspecified atom stereocenters. The van der Waals surface area contributed by atoms with Gasteiger partial charge in [0.25, 0.3) is 0 Å². The van der Waals surface area contributed by atoms with Gasteiger partial charge in [0, 0.05) is 12.2 Å². The van der Waals surface area contributed by atoms with Gasteiger partial charge in [-0.3, -0.25) is 9.59 Å². The highest BCUT2D eigenvalue weighted by Gasteiger charge is 2.25. The Balaban J connectivity index is 1.93. The van der Waals surface area contributed by atoms with Crippen LogP contribution >= 0.6 is 11.6 Å². The molecule has 1 aliphatic rings. The van der Waals surface area contributed by atoms with Crippen LogP contribution in [0.1, 0.15) is 6.42 Å². The van der Waals surface area contributed by atoms with Gasteiger partial charge in [0.2, 0.25) is 11.8 Å². The number of hydrogen-bond acceptors (Lipinski definition) is 3. The van der Waals surface area contributed by atoms with Crippen LogP contribution in [-0.4, -0.2) is 31.1 Å². The number of anilines is 1. The van der Waals surface area contributed by atoms with Crippen LogP contribution in [0, 0.1) is 5.82 Å². The fourth-order valence-corrected chi connectivity index (χ4v) is 1.85. The van der Waals surface area contributed by atoms with Gasteiger partial charge in [-0.05, 0) is 18.2 Å². The summed E-state index contributed by atoms with van der Waals surface area (Å²) in [6.07, 6.45) is -0.884. The predicted octanol–water partition coefficient (Wildman–Crippen LogP) is 1.32. The second kappa shape index (κ2) is 5.99. The third kappa shape index (κ3) is 3.65. The first kappa shape index (κ1) is 13.8. The molecule has 102 valence electrons. The molecule has 0 bridgehead atoms. The van der Waals surface area contributed by atoms with Crippen LogP contribution in [-0.2, 0) is 14.3 Å². The van der Waals surface area contributed by atoms with Crippen molar-refractivity contribution in [1.29, 1.82) is 0 Å². The molecule has 2 N–H and O–H groups in total. The second-order valence-electron chi connectivity index (χ2n) is 4.03. The van der Waals surface area contributed by atoms with Gasteiger partial charge in [0.15, 0.2) is 0 Å². The molecule has 5 nitrogen and oxygen atoms in total. The summed E-state index contributed by atoms with van der Waals surface area (Å²) in [5.41, 5.74) is 0.368. The Kier molecular flexibility index (Phi) is 4.34. The lowest BCUT2D eigenvalue weighted by Gasteiger charge is -2.22. The van der Waals surface area contributed by atoms with Crippen molar-refractivity contribution in [1.82, 2.24) is 5.32 Å². The molecular formula is C12H12ClFN2O3. The van der Waals surface area contributed by atoms with Crippen molar-refractivity contribution in [3.05, 3.63) is 29.0 Å². The quantitative estimate of drug-likeness (QED) is 0.881. The van der Waals surface area contributed by atoms with Crippen LogP contribution in [0.25, 0.3) is 0 Å². The number of ether oxygens (including phenoxy) is 1. The number of halogens is 2. The van der Waals surface area contributed by atoms with Gasteiger partial charge in [0.05, 0.1) is 18.1 Å². The number of carbonyl (C=O) groups is 2. The Bertz CT molecular complexity index is 510. The van der Waals surface area contributed by atoms with E-state index in [0.717, 1.165) is 6.07 Å². The van der Waals surface area contributed by atoms with Gasteiger partial charge in [-0.2, -0.15) is 0 Å². The average molecular weight is 287 g/mol. The normalized spacial score (nSPS) is 18.8. The van der Waals surface area contributed by atoms with Gasteiger partial charge in [-0.1, -0.05) is 11.6 Å². The van der Waals surface area contributed by atoms with E-state index in [2.05, 4.69) is 10.6 Å². The molecule has 0 aliphatic carbocycles. The summed E-state index contributed by atoms with van der Waals surface area (Å²) in [6, 6.07) is 3.85. The maximum atomic E-state index is 12.9. The van der Waals surface area contributed by atoms with Gasteiger partial charge in [-0.15, -0.1) is 0 Å². The molecule has 2 amide bonds. The third-order valence-corrected chi connectivity index (χ3v) is 2.88. The fourth-order valence-electron chi connectivity index (χ4n) is 1.67. The average Bonchev–Trinajstić information content (AvgIpc) is 2.37. The lowest BCUT2D eigenvalue weighted by molar-refractivity contribution is -0.141. The van der Waals surface area contributed by atoms with Crippen LogP contribution in [0.4, 0.5) is 10.1 Å². The Morgan fingerprint density at radius 3 is 3.05 bits per heavy atom. The molecule has 0 saturated carbocycles. The van der Waals surface area contributed by atoms with Crippen LogP contribution in [0.15, 0.2) is 18.2 Å². The molecule has 0 aromatic heterocycles. The van der Waals surface area contributed by atoms with E-state index >= 15 is 0 Å². The number of amides is 2. The zero-order chi connectivity index (χ0) is 13.8. The van der Waals surface area contributed by atoms with E-state index in [4.69, 9.17) is 16.3 Å². The van der Waals surface area contributed by atoms with E-state index in [0.29, 0.717) is 18.8 Å². The Hall–Kier alpha value is -1.66. The zero-order valence-electron chi connectivity index (χ0n) is 9.91. The SMILES string of the molecule is O=C(C[C@@H]1OCCNC1=O)Nc1ccc(F)c(Cl)c1. The number of hydrogen-bond donors (Lipinski definition) is 2. The molecule has 1 saturated heterocycles. The third-order valence-electron chi connectivity index (χ3n) is 2.59. The van der Waals surface area contributed by atoms with E-state index in [9.17, 15) is 14.0 Å². The largest absolute Gasteiger partial charge is 0.366 e. The van der Waals surface area contributed by atoms with Gasteiger partial charge >= 0.3 is 0 Å². The maximum absolute atomic E-state index is 12.9. The summed E-state index contributed by atoms with van der Waals surface area (Å²) in [7, 11) is 0. The zero-order valence-corrected chi connectivity index (χ0v) is 10.7. The molecule has 1 aromatic carbocycles. The topological polar surface area (TPSA) is 67.4 Å². The molecule has 1 aromatic rings. The van der Waals surface area contributed by atoms with Crippen molar-refractivity contribution in [2.75, 3.05) is 18.5 Å². The Morgan fingerprint density at radius 2 is 2.37 bits per heavy atom. The minimum Gasteiger partial charge on any atom is -0.366 e. The molecule has 0 radical (unpaired) electrons. The van der Waals surface area contributed by atoms with E-state index in [1.54, 1.807) is 0 Å². The van der Waals surface area contributed by atoms with E-state index in [-0.39, 0.29) is 17.4 Å².